The summed E-state index contributed by atoms with van der Waals surface area (Å²) in [6.07, 6.45) is 1.79. The van der Waals surface area contributed by atoms with E-state index in [0.717, 1.165) is 0 Å². The van der Waals surface area contributed by atoms with Crippen LogP contribution in [0, 0.1) is 6.67 Å². The predicted molar refractivity (Wildman–Crippen MR) is 29.1 cm³/mol. The SMILES string of the molecule is CN1[CH]NC(Cl)=C1. The van der Waals surface area contributed by atoms with E-state index in [0.29, 0.717) is 5.16 Å². The number of hydrogen-bond donors (Lipinski definition) is 1. The first kappa shape index (κ1) is 4.78. The fraction of sp³-hybridized carbons (Fsp3) is 0.250. The van der Waals surface area contributed by atoms with E-state index in [9.17, 15) is 0 Å². The van der Waals surface area contributed by atoms with Gasteiger partial charge >= 0.3 is 0 Å². The van der Waals surface area contributed by atoms with E-state index in [1.807, 2.05) is 11.9 Å². The molecule has 0 fully saturated rings. The standard InChI is InChI=1S/C4H6ClN2/c1-7-2-4(5)6-3-7/h2-3,6H,1H3. The molecule has 0 spiro atoms. The van der Waals surface area contributed by atoms with Gasteiger partial charge in [-0.15, -0.1) is 0 Å². The summed E-state index contributed by atoms with van der Waals surface area (Å²) in [6.45, 7) is 1.78. The van der Waals surface area contributed by atoms with E-state index in [2.05, 4.69) is 5.32 Å². The minimum absolute atomic E-state index is 0.669. The van der Waals surface area contributed by atoms with Gasteiger partial charge in [0, 0.05) is 13.2 Å². The zero-order valence-corrected chi connectivity index (χ0v) is 4.74. The molecule has 7 heavy (non-hydrogen) atoms. The maximum atomic E-state index is 5.48. The molecule has 3 heteroatoms. The number of hydrogen-bond acceptors (Lipinski definition) is 2. The highest BCUT2D eigenvalue weighted by atomic mass is 35.5. The van der Waals surface area contributed by atoms with Crippen LogP contribution in [0.2, 0.25) is 0 Å². The molecule has 0 atom stereocenters. The second-order valence-electron chi connectivity index (χ2n) is 1.42. The summed E-state index contributed by atoms with van der Waals surface area (Å²) in [5, 5.41) is 3.47. The molecule has 0 saturated carbocycles. The van der Waals surface area contributed by atoms with Gasteiger partial charge in [0.15, 0.2) is 0 Å². The Labute approximate surface area is 47.8 Å². The Kier molecular flexibility index (Phi) is 1.11. The highest BCUT2D eigenvalue weighted by Crippen LogP contribution is 2.06. The monoisotopic (exact) mass is 117 g/mol. The average molecular weight is 118 g/mol. The number of nitrogens with zero attached hydrogens (tertiary/aromatic N) is 1. The zero-order chi connectivity index (χ0) is 5.28. The Morgan fingerprint density at radius 3 is 2.71 bits per heavy atom. The molecular weight excluding hydrogens is 112 g/mol. The quantitative estimate of drug-likeness (QED) is 0.470. The number of rotatable bonds is 0. The van der Waals surface area contributed by atoms with Crippen LogP contribution >= 0.6 is 11.6 Å². The topological polar surface area (TPSA) is 15.3 Å². The molecule has 1 rings (SSSR count). The number of nitrogens with one attached hydrogen (secondary N) is 1. The van der Waals surface area contributed by atoms with Crippen LogP contribution in [-0.4, -0.2) is 11.9 Å². The molecule has 39 valence electrons. The Morgan fingerprint density at radius 1 is 1.86 bits per heavy atom. The fourth-order valence-corrected chi connectivity index (χ4v) is 0.620. The minimum atomic E-state index is 0.669. The Bertz CT molecular complexity index is 99.9. The third-order valence-corrected chi connectivity index (χ3v) is 0.930. The van der Waals surface area contributed by atoms with Crippen LogP contribution in [0.15, 0.2) is 11.4 Å². The maximum Gasteiger partial charge on any atom is 0.139 e. The normalized spacial score (nSPS) is 19.1. The van der Waals surface area contributed by atoms with Crippen molar-refractivity contribution in [3.05, 3.63) is 18.0 Å². The van der Waals surface area contributed by atoms with Crippen LogP contribution in [-0.2, 0) is 0 Å². The van der Waals surface area contributed by atoms with Crippen LogP contribution in [0.4, 0.5) is 0 Å². The van der Waals surface area contributed by atoms with Crippen molar-refractivity contribution in [1.82, 2.24) is 10.2 Å². The van der Waals surface area contributed by atoms with E-state index in [4.69, 9.17) is 11.6 Å². The van der Waals surface area contributed by atoms with E-state index in [1.165, 1.54) is 0 Å². The Balaban J connectivity index is 2.50. The van der Waals surface area contributed by atoms with Crippen molar-refractivity contribution in [2.45, 2.75) is 0 Å². The van der Waals surface area contributed by atoms with Crippen molar-refractivity contribution in [1.29, 1.82) is 0 Å². The summed E-state index contributed by atoms with van der Waals surface area (Å²) in [7, 11) is 1.91. The molecule has 1 heterocycles. The molecule has 0 amide bonds. The van der Waals surface area contributed by atoms with Gasteiger partial charge in [-0.05, 0) is 0 Å². The van der Waals surface area contributed by atoms with E-state index in [-0.39, 0.29) is 0 Å². The lowest BCUT2D eigenvalue weighted by Crippen LogP contribution is -2.07. The molecular formula is C4H6ClN2. The minimum Gasteiger partial charge on any atom is -0.355 e. The molecule has 0 aromatic rings. The van der Waals surface area contributed by atoms with Crippen molar-refractivity contribution in [3.8, 4) is 0 Å². The highest BCUT2D eigenvalue weighted by Gasteiger charge is 2.02. The van der Waals surface area contributed by atoms with Crippen molar-refractivity contribution in [3.63, 3.8) is 0 Å². The predicted octanol–water partition coefficient (Wildman–Crippen LogP) is 0.678. The third kappa shape index (κ3) is 0.996. The smallest absolute Gasteiger partial charge is 0.139 e. The summed E-state index contributed by atoms with van der Waals surface area (Å²) in [5.74, 6) is 0. The van der Waals surface area contributed by atoms with Crippen molar-refractivity contribution in [2.75, 3.05) is 7.05 Å². The van der Waals surface area contributed by atoms with Gasteiger partial charge in [0.05, 0.1) is 0 Å². The van der Waals surface area contributed by atoms with Crippen LogP contribution < -0.4 is 5.32 Å². The average Bonchev–Trinajstić information content (AvgIpc) is 1.87. The van der Waals surface area contributed by atoms with E-state index >= 15 is 0 Å². The first-order valence-electron chi connectivity index (χ1n) is 1.98. The Hall–Kier alpha value is -0.370. The van der Waals surface area contributed by atoms with Crippen molar-refractivity contribution < 1.29 is 0 Å². The summed E-state index contributed by atoms with van der Waals surface area (Å²) < 4.78 is 0. The lowest BCUT2D eigenvalue weighted by molar-refractivity contribution is 0.559. The van der Waals surface area contributed by atoms with Crippen molar-refractivity contribution >= 4 is 11.6 Å². The van der Waals surface area contributed by atoms with Gasteiger partial charge in [0.2, 0.25) is 0 Å². The lowest BCUT2D eigenvalue weighted by atomic mass is 10.9. The molecule has 0 bridgehead atoms. The first-order chi connectivity index (χ1) is 3.29. The molecule has 1 aliphatic heterocycles. The van der Waals surface area contributed by atoms with E-state index < -0.39 is 0 Å². The molecule has 0 aromatic heterocycles. The second kappa shape index (κ2) is 1.62. The van der Waals surface area contributed by atoms with Gasteiger partial charge in [0.25, 0.3) is 0 Å². The van der Waals surface area contributed by atoms with Crippen LogP contribution in [0.1, 0.15) is 0 Å². The highest BCUT2D eigenvalue weighted by molar-refractivity contribution is 6.29. The molecule has 0 saturated heterocycles. The lowest BCUT2D eigenvalue weighted by Gasteiger charge is -2.00. The fourth-order valence-electron chi connectivity index (χ4n) is 0.417. The van der Waals surface area contributed by atoms with Gasteiger partial charge in [-0.2, -0.15) is 0 Å². The molecule has 0 aliphatic carbocycles. The second-order valence-corrected chi connectivity index (χ2v) is 1.82. The summed E-state index contributed by atoms with van der Waals surface area (Å²) >= 11 is 5.48. The molecule has 1 N–H and O–H groups in total. The maximum absolute atomic E-state index is 5.48. The molecule has 2 nitrogen and oxygen atoms in total. The van der Waals surface area contributed by atoms with Gasteiger partial charge in [0.1, 0.15) is 11.8 Å². The van der Waals surface area contributed by atoms with Gasteiger partial charge < -0.3 is 10.2 Å². The van der Waals surface area contributed by atoms with Gasteiger partial charge in [-0.25, -0.2) is 0 Å². The molecule has 1 aliphatic rings. The molecule has 1 radical (unpaired) electrons. The zero-order valence-electron chi connectivity index (χ0n) is 3.98. The third-order valence-electron chi connectivity index (χ3n) is 0.723. The van der Waals surface area contributed by atoms with Crippen LogP contribution in [0.5, 0.6) is 0 Å². The first-order valence-corrected chi connectivity index (χ1v) is 2.36. The van der Waals surface area contributed by atoms with Gasteiger partial charge in [-0.1, -0.05) is 11.6 Å². The van der Waals surface area contributed by atoms with E-state index in [1.54, 1.807) is 12.9 Å². The summed E-state index contributed by atoms with van der Waals surface area (Å²) in [4.78, 5) is 1.85. The molecule has 0 aromatic carbocycles. The van der Waals surface area contributed by atoms with Crippen molar-refractivity contribution in [2.24, 2.45) is 0 Å². The summed E-state index contributed by atoms with van der Waals surface area (Å²) in [5.41, 5.74) is 0. The van der Waals surface area contributed by atoms with Crippen LogP contribution in [0.25, 0.3) is 0 Å². The Morgan fingerprint density at radius 2 is 2.57 bits per heavy atom. The summed E-state index contributed by atoms with van der Waals surface area (Å²) in [6, 6.07) is 0. The number of halogens is 1. The van der Waals surface area contributed by atoms with Gasteiger partial charge in [-0.3, -0.25) is 0 Å². The molecule has 0 unspecified atom stereocenters. The largest absolute Gasteiger partial charge is 0.355 e. The van der Waals surface area contributed by atoms with Crippen LogP contribution in [0.3, 0.4) is 0 Å².